The zero-order valence-corrected chi connectivity index (χ0v) is 15.0. The van der Waals surface area contributed by atoms with Gasteiger partial charge in [0.15, 0.2) is 6.54 Å². The Morgan fingerprint density at radius 1 is 0.815 bits per heavy atom. The van der Waals surface area contributed by atoms with Crippen LogP contribution in [0.15, 0.2) is 60.7 Å². The molecular formula is C20H23N4O3+. The molecular weight excluding hydrogens is 344 g/mol. The second-order valence-corrected chi connectivity index (χ2v) is 6.45. The lowest BCUT2D eigenvalue weighted by molar-refractivity contribution is -0.896. The van der Waals surface area contributed by atoms with Crippen LogP contribution in [0.1, 0.15) is 20.7 Å². The Bertz CT molecular complexity index is 787. The topological polar surface area (TPSA) is 82.9 Å². The van der Waals surface area contributed by atoms with Crippen molar-refractivity contribution in [2.24, 2.45) is 0 Å². The summed E-state index contributed by atoms with van der Waals surface area (Å²) in [5.41, 5.74) is 6.04. The van der Waals surface area contributed by atoms with Crippen molar-refractivity contribution in [3.63, 3.8) is 0 Å². The average molecular weight is 367 g/mol. The predicted octanol–water partition coefficient (Wildman–Crippen LogP) is -0.511. The third kappa shape index (κ3) is 5.15. The molecule has 0 aliphatic carbocycles. The maximum atomic E-state index is 12.4. The highest BCUT2D eigenvalue weighted by Gasteiger charge is 2.25. The first kappa shape index (κ1) is 18.6. The number of hydrazine groups is 1. The number of nitrogens with zero attached hydrogens (tertiary/aromatic N) is 1. The fourth-order valence-electron chi connectivity index (χ4n) is 3.03. The predicted molar refractivity (Wildman–Crippen MR) is 100.0 cm³/mol. The highest BCUT2D eigenvalue weighted by Crippen LogP contribution is 2.04. The van der Waals surface area contributed by atoms with Crippen LogP contribution in [-0.2, 0) is 4.79 Å². The third-order valence-electron chi connectivity index (χ3n) is 4.54. The van der Waals surface area contributed by atoms with Gasteiger partial charge in [-0.15, -0.1) is 0 Å². The van der Waals surface area contributed by atoms with Gasteiger partial charge in [0, 0.05) is 11.1 Å². The van der Waals surface area contributed by atoms with Crippen LogP contribution >= 0.6 is 0 Å². The van der Waals surface area contributed by atoms with E-state index in [1.54, 1.807) is 24.3 Å². The van der Waals surface area contributed by atoms with Crippen LogP contribution in [0.3, 0.4) is 0 Å². The largest absolute Gasteiger partial charge is 0.327 e. The summed E-state index contributed by atoms with van der Waals surface area (Å²) in [4.78, 5) is 39.3. The van der Waals surface area contributed by atoms with Gasteiger partial charge in [0.25, 0.3) is 17.7 Å². The first-order chi connectivity index (χ1) is 13.1. The number of rotatable bonds is 4. The Labute approximate surface area is 157 Å². The quantitative estimate of drug-likeness (QED) is 0.637. The molecule has 140 valence electrons. The molecule has 3 amide bonds. The molecule has 0 unspecified atom stereocenters. The lowest BCUT2D eigenvalue weighted by atomic mass is 10.2. The highest BCUT2D eigenvalue weighted by molar-refractivity contribution is 5.95. The number of quaternary nitrogens is 1. The van der Waals surface area contributed by atoms with Crippen LogP contribution in [0.25, 0.3) is 0 Å². The summed E-state index contributed by atoms with van der Waals surface area (Å²) in [6.07, 6.45) is 0. The molecule has 0 radical (unpaired) electrons. The number of hydrogen-bond donors (Lipinski definition) is 3. The Morgan fingerprint density at radius 2 is 1.37 bits per heavy atom. The molecule has 1 aliphatic rings. The van der Waals surface area contributed by atoms with E-state index in [1.807, 2.05) is 41.3 Å². The van der Waals surface area contributed by atoms with E-state index in [-0.39, 0.29) is 24.3 Å². The molecule has 3 N–H and O–H groups in total. The minimum atomic E-state index is -0.350. The Hall–Kier alpha value is -3.19. The van der Waals surface area contributed by atoms with E-state index in [0.717, 1.165) is 4.90 Å². The summed E-state index contributed by atoms with van der Waals surface area (Å²) in [6.45, 7) is 2.85. The molecule has 1 fully saturated rings. The molecule has 0 saturated carbocycles. The summed E-state index contributed by atoms with van der Waals surface area (Å²) in [5.74, 6) is -0.580. The molecule has 3 rings (SSSR count). The van der Waals surface area contributed by atoms with E-state index in [2.05, 4.69) is 10.9 Å². The smallest absolute Gasteiger partial charge is 0.293 e. The third-order valence-corrected chi connectivity index (χ3v) is 4.54. The lowest BCUT2D eigenvalue weighted by Crippen LogP contribution is -3.16. The fourth-order valence-corrected chi connectivity index (χ4v) is 3.03. The molecule has 7 heteroatoms. The molecule has 2 aromatic rings. The van der Waals surface area contributed by atoms with Gasteiger partial charge in [-0.1, -0.05) is 36.4 Å². The van der Waals surface area contributed by atoms with Crippen molar-refractivity contribution in [2.75, 3.05) is 32.7 Å². The normalized spacial score (nSPS) is 14.4. The van der Waals surface area contributed by atoms with Gasteiger partial charge < -0.3 is 9.80 Å². The van der Waals surface area contributed by atoms with Gasteiger partial charge in [0.2, 0.25) is 0 Å². The summed E-state index contributed by atoms with van der Waals surface area (Å²) in [7, 11) is 0. The molecule has 0 atom stereocenters. The van der Waals surface area contributed by atoms with E-state index >= 15 is 0 Å². The van der Waals surface area contributed by atoms with Gasteiger partial charge in [-0.2, -0.15) is 0 Å². The zero-order chi connectivity index (χ0) is 19.1. The van der Waals surface area contributed by atoms with E-state index in [4.69, 9.17) is 0 Å². The minimum absolute atomic E-state index is 0.0224. The van der Waals surface area contributed by atoms with Crippen LogP contribution < -0.4 is 15.8 Å². The second kappa shape index (κ2) is 8.95. The maximum absolute atomic E-state index is 12.4. The first-order valence-corrected chi connectivity index (χ1v) is 8.95. The molecule has 0 bridgehead atoms. The summed E-state index contributed by atoms with van der Waals surface area (Å²) in [5, 5.41) is 0. The van der Waals surface area contributed by atoms with Crippen molar-refractivity contribution in [2.45, 2.75) is 0 Å². The summed E-state index contributed by atoms with van der Waals surface area (Å²) in [6, 6.07) is 17.9. The molecule has 7 nitrogen and oxygen atoms in total. The molecule has 0 spiro atoms. The monoisotopic (exact) mass is 367 g/mol. The van der Waals surface area contributed by atoms with Crippen LogP contribution in [0.5, 0.6) is 0 Å². The van der Waals surface area contributed by atoms with E-state index in [1.165, 1.54) is 0 Å². The Balaban J connectivity index is 1.40. The number of benzene rings is 2. The van der Waals surface area contributed by atoms with Crippen molar-refractivity contribution in [1.82, 2.24) is 15.8 Å². The number of carbonyl (C=O) groups is 3. The van der Waals surface area contributed by atoms with Crippen LogP contribution in [0.2, 0.25) is 0 Å². The van der Waals surface area contributed by atoms with E-state index in [9.17, 15) is 14.4 Å². The molecule has 1 heterocycles. The van der Waals surface area contributed by atoms with Crippen LogP contribution in [0, 0.1) is 0 Å². The van der Waals surface area contributed by atoms with Crippen molar-refractivity contribution < 1.29 is 19.3 Å². The molecule has 1 aliphatic heterocycles. The van der Waals surface area contributed by atoms with Gasteiger partial charge in [-0.3, -0.25) is 25.2 Å². The SMILES string of the molecule is O=C(C[NH+]1CCN(C(=O)c2ccccc2)CC1)NNC(=O)c1ccccc1. The number of nitrogens with one attached hydrogen (secondary N) is 3. The van der Waals surface area contributed by atoms with Crippen LogP contribution in [0.4, 0.5) is 0 Å². The molecule has 27 heavy (non-hydrogen) atoms. The maximum Gasteiger partial charge on any atom is 0.293 e. The standard InChI is InChI=1S/C20H22N4O3/c25-18(21-22-19(26)16-7-3-1-4-8-16)15-23-11-13-24(14-12-23)20(27)17-9-5-2-6-10-17/h1-10H,11-15H2,(H,21,25)(H,22,26)/p+1. The summed E-state index contributed by atoms with van der Waals surface area (Å²) < 4.78 is 0. The molecule has 1 saturated heterocycles. The number of hydrogen-bond acceptors (Lipinski definition) is 3. The molecule has 2 aromatic carbocycles. The summed E-state index contributed by atoms with van der Waals surface area (Å²) >= 11 is 0. The van der Waals surface area contributed by atoms with Crippen molar-refractivity contribution in [1.29, 1.82) is 0 Å². The highest BCUT2D eigenvalue weighted by atomic mass is 16.2. The lowest BCUT2D eigenvalue weighted by Gasteiger charge is -2.31. The van der Waals surface area contributed by atoms with Gasteiger partial charge in [-0.25, -0.2) is 0 Å². The van der Waals surface area contributed by atoms with Gasteiger partial charge in [0.05, 0.1) is 26.2 Å². The number of piperazine rings is 1. The Kier molecular flexibility index (Phi) is 6.17. The average Bonchev–Trinajstić information content (AvgIpc) is 2.73. The van der Waals surface area contributed by atoms with Gasteiger partial charge in [0.1, 0.15) is 0 Å². The minimum Gasteiger partial charge on any atom is -0.327 e. The van der Waals surface area contributed by atoms with E-state index in [0.29, 0.717) is 37.3 Å². The van der Waals surface area contributed by atoms with E-state index < -0.39 is 0 Å². The van der Waals surface area contributed by atoms with Crippen molar-refractivity contribution >= 4 is 17.7 Å². The fraction of sp³-hybridized carbons (Fsp3) is 0.250. The van der Waals surface area contributed by atoms with Gasteiger partial charge >= 0.3 is 0 Å². The van der Waals surface area contributed by atoms with Gasteiger partial charge in [-0.05, 0) is 24.3 Å². The second-order valence-electron chi connectivity index (χ2n) is 6.45. The first-order valence-electron chi connectivity index (χ1n) is 8.95. The van der Waals surface area contributed by atoms with Crippen molar-refractivity contribution in [3.05, 3.63) is 71.8 Å². The zero-order valence-electron chi connectivity index (χ0n) is 15.0. The number of amides is 3. The van der Waals surface area contributed by atoms with Crippen molar-refractivity contribution in [3.8, 4) is 0 Å². The Morgan fingerprint density at radius 3 is 1.96 bits per heavy atom. The number of carbonyl (C=O) groups excluding carboxylic acids is 3. The van der Waals surface area contributed by atoms with Crippen LogP contribution in [-0.4, -0.2) is 55.3 Å². The molecule has 0 aromatic heterocycles.